The molecule has 32 heavy (non-hydrogen) atoms. The second kappa shape index (κ2) is 8.02. The molecule has 1 aliphatic rings. The van der Waals surface area contributed by atoms with Gasteiger partial charge in [0.1, 0.15) is 23.9 Å². The third kappa shape index (κ3) is 3.47. The lowest BCUT2D eigenvalue weighted by molar-refractivity contribution is -0.116. The minimum absolute atomic E-state index is 0.0682. The first kappa shape index (κ1) is 20.1. The molecule has 1 atom stereocenters. The van der Waals surface area contributed by atoms with Crippen molar-refractivity contribution in [1.82, 2.24) is 14.8 Å². The number of hydrogen-bond acceptors (Lipinski definition) is 6. The zero-order valence-electron chi connectivity index (χ0n) is 17.6. The largest absolute Gasteiger partial charge is 0.497 e. The third-order valence-electron chi connectivity index (χ3n) is 5.45. The molecule has 1 aliphatic heterocycles. The summed E-state index contributed by atoms with van der Waals surface area (Å²) in [6.07, 6.45) is 5.64. The fraction of sp³-hybridized carbons (Fsp3) is 0.208. The number of aryl methyl sites for hydroxylation is 1. The molecule has 1 N–H and O–H groups in total. The van der Waals surface area contributed by atoms with Crippen LogP contribution in [-0.2, 0) is 4.79 Å². The highest BCUT2D eigenvalue weighted by Crippen LogP contribution is 2.41. The van der Waals surface area contributed by atoms with Gasteiger partial charge in [-0.05, 0) is 42.8 Å². The molecule has 0 bridgehead atoms. The summed E-state index contributed by atoms with van der Waals surface area (Å²) in [6.45, 7) is 2.15. The van der Waals surface area contributed by atoms with Crippen molar-refractivity contribution < 1.29 is 14.3 Å². The van der Waals surface area contributed by atoms with Gasteiger partial charge in [-0.1, -0.05) is 29.4 Å². The Labute approximate surface area is 189 Å². The minimum atomic E-state index is -0.142. The molecule has 5 rings (SSSR count). The van der Waals surface area contributed by atoms with Gasteiger partial charge < -0.3 is 14.8 Å². The Kier molecular flexibility index (Phi) is 5.04. The molecule has 8 heteroatoms. The summed E-state index contributed by atoms with van der Waals surface area (Å²) in [4.78, 5) is 17.4. The predicted octanol–water partition coefficient (Wildman–Crippen LogP) is 4.29. The normalized spacial score (nSPS) is 15.2. The van der Waals surface area contributed by atoms with Crippen molar-refractivity contribution in [3.05, 3.63) is 59.3 Å². The summed E-state index contributed by atoms with van der Waals surface area (Å²) < 4.78 is 13.6. The molecule has 0 aliphatic carbocycles. The fourth-order valence-corrected chi connectivity index (χ4v) is 4.98. The van der Waals surface area contributed by atoms with E-state index in [1.54, 1.807) is 11.8 Å². The van der Waals surface area contributed by atoms with Gasteiger partial charge in [0.15, 0.2) is 0 Å². The average molecular weight is 445 g/mol. The molecule has 160 valence electrons. The minimum Gasteiger partial charge on any atom is -0.497 e. The summed E-state index contributed by atoms with van der Waals surface area (Å²) in [7, 11) is 1.64. The van der Waals surface area contributed by atoms with Crippen molar-refractivity contribution in [3.8, 4) is 29.0 Å². The van der Waals surface area contributed by atoms with E-state index in [0.29, 0.717) is 23.1 Å². The van der Waals surface area contributed by atoms with Gasteiger partial charge in [0.25, 0.3) is 0 Å². The molecule has 7 nitrogen and oxygen atoms in total. The topological polar surface area (TPSA) is 78.3 Å². The summed E-state index contributed by atoms with van der Waals surface area (Å²) in [5, 5.41) is 8.44. The first-order valence-electron chi connectivity index (χ1n) is 10.1. The average Bonchev–Trinajstić information content (AvgIpc) is 3.37. The first-order chi connectivity index (χ1) is 15.6. The number of methoxy groups -OCH3 is 1. The maximum absolute atomic E-state index is 12.7. The van der Waals surface area contributed by atoms with Gasteiger partial charge in [0.2, 0.25) is 11.0 Å². The Morgan fingerprint density at radius 3 is 2.97 bits per heavy atom. The Morgan fingerprint density at radius 2 is 2.16 bits per heavy atom. The molecule has 0 saturated heterocycles. The van der Waals surface area contributed by atoms with Crippen LogP contribution in [0.4, 0.5) is 5.82 Å². The number of carbonyl (C=O) groups is 1. The predicted molar refractivity (Wildman–Crippen MR) is 124 cm³/mol. The second-order valence-electron chi connectivity index (χ2n) is 7.46. The first-order valence-corrected chi connectivity index (χ1v) is 10.9. The van der Waals surface area contributed by atoms with E-state index < -0.39 is 0 Å². The van der Waals surface area contributed by atoms with E-state index in [0.717, 1.165) is 32.8 Å². The molecule has 4 aromatic rings. The molecule has 0 radical (unpaired) electrons. The zero-order valence-corrected chi connectivity index (χ0v) is 18.4. The van der Waals surface area contributed by atoms with Crippen LogP contribution in [0, 0.1) is 19.3 Å². The number of hydrogen-bond donors (Lipinski definition) is 1. The summed E-state index contributed by atoms with van der Waals surface area (Å²) >= 11 is 1.50. The molecule has 2 aromatic heterocycles. The van der Waals surface area contributed by atoms with Crippen molar-refractivity contribution in [3.63, 3.8) is 0 Å². The summed E-state index contributed by atoms with van der Waals surface area (Å²) in [6, 6.07) is 13.4. The van der Waals surface area contributed by atoms with E-state index in [1.807, 2.05) is 49.4 Å². The van der Waals surface area contributed by atoms with Crippen molar-refractivity contribution in [2.75, 3.05) is 19.0 Å². The maximum atomic E-state index is 12.7. The van der Waals surface area contributed by atoms with Gasteiger partial charge in [-0.15, -0.1) is 6.42 Å². The smallest absolute Gasteiger partial charge is 0.226 e. The highest BCUT2D eigenvalue weighted by atomic mass is 32.1. The summed E-state index contributed by atoms with van der Waals surface area (Å²) in [5.41, 5.74) is 3.66. The zero-order chi connectivity index (χ0) is 22.2. The highest BCUT2D eigenvalue weighted by molar-refractivity contribution is 7.20. The Morgan fingerprint density at radius 1 is 1.28 bits per heavy atom. The number of rotatable bonds is 5. The molecule has 2 aromatic carbocycles. The van der Waals surface area contributed by atoms with E-state index in [-0.39, 0.29) is 18.4 Å². The lowest BCUT2D eigenvalue weighted by Crippen LogP contribution is -2.25. The van der Waals surface area contributed by atoms with Crippen molar-refractivity contribution in [1.29, 1.82) is 0 Å². The molecule has 3 heterocycles. The van der Waals surface area contributed by atoms with Crippen molar-refractivity contribution >= 4 is 33.3 Å². The maximum Gasteiger partial charge on any atom is 0.226 e. The highest BCUT2D eigenvalue weighted by Gasteiger charge is 2.33. The second-order valence-corrected chi connectivity index (χ2v) is 8.47. The lowest BCUT2D eigenvalue weighted by Gasteiger charge is -2.24. The lowest BCUT2D eigenvalue weighted by atomic mass is 9.86. The van der Waals surface area contributed by atoms with Crippen LogP contribution in [0.25, 0.3) is 15.3 Å². The van der Waals surface area contributed by atoms with E-state index >= 15 is 0 Å². The number of ether oxygens (including phenoxy) is 2. The van der Waals surface area contributed by atoms with Crippen LogP contribution in [0.2, 0.25) is 0 Å². The number of benzene rings is 2. The van der Waals surface area contributed by atoms with Crippen LogP contribution in [0.15, 0.2) is 42.5 Å². The van der Waals surface area contributed by atoms with Crippen LogP contribution in [0.5, 0.6) is 11.5 Å². The monoisotopic (exact) mass is 444 g/mol. The summed E-state index contributed by atoms with van der Waals surface area (Å²) in [5.74, 6) is 4.37. The van der Waals surface area contributed by atoms with Gasteiger partial charge in [-0.25, -0.2) is 4.98 Å². The number of carbonyl (C=O) groups excluding carboxylic acids is 1. The van der Waals surface area contributed by atoms with Gasteiger partial charge >= 0.3 is 0 Å². The number of amides is 1. The van der Waals surface area contributed by atoms with Crippen molar-refractivity contribution in [2.45, 2.75) is 19.3 Å². The third-order valence-corrected chi connectivity index (χ3v) is 6.44. The molecule has 1 unspecified atom stereocenters. The number of fused-ring (bicyclic) bond motifs is 2. The number of terminal acetylenes is 1. The number of nitrogens with one attached hydrogen (secondary N) is 1. The number of thiazole rings is 1. The molecular weight excluding hydrogens is 424 g/mol. The SMILES string of the molecule is C#CCOc1cccc(C2CC(=O)Nc3c2c(C)nn3-c2nc3ccc(OC)cc3s2)c1. The van der Waals surface area contributed by atoms with E-state index in [2.05, 4.69) is 11.2 Å². The van der Waals surface area contributed by atoms with Crippen LogP contribution in [0.3, 0.4) is 0 Å². The van der Waals surface area contributed by atoms with E-state index in [1.165, 1.54) is 11.3 Å². The van der Waals surface area contributed by atoms with Gasteiger partial charge in [0.05, 0.1) is 23.0 Å². The standard InChI is InChI=1S/C24H20N4O3S/c1-4-10-31-17-7-5-6-15(11-17)18-13-21(29)26-23-22(18)14(2)27-28(23)24-25-19-9-8-16(30-3)12-20(19)32-24/h1,5-9,11-12,18H,10,13H2,2-3H3,(H,26,29). The van der Waals surface area contributed by atoms with Crippen LogP contribution < -0.4 is 14.8 Å². The van der Waals surface area contributed by atoms with Gasteiger partial charge in [-0.3, -0.25) is 4.79 Å². The Hall–Kier alpha value is -3.83. The Balaban J connectivity index is 1.59. The van der Waals surface area contributed by atoms with E-state index in [9.17, 15) is 4.79 Å². The molecule has 0 spiro atoms. The van der Waals surface area contributed by atoms with Gasteiger partial charge in [0, 0.05) is 17.9 Å². The quantitative estimate of drug-likeness (QED) is 0.465. The van der Waals surface area contributed by atoms with E-state index in [4.69, 9.17) is 26.0 Å². The van der Waals surface area contributed by atoms with Crippen LogP contribution >= 0.6 is 11.3 Å². The molecule has 1 amide bonds. The Bertz CT molecular complexity index is 1380. The van der Waals surface area contributed by atoms with Gasteiger partial charge in [-0.2, -0.15) is 9.78 Å². The number of anilines is 1. The number of nitrogens with zero attached hydrogens (tertiary/aromatic N) is 3. The molecular formula is C24H20N4O3S. The number of aromatic nitrogens is 3. The van der Waals surface area contributed by atoms with Crippen LogP contribution in [-0.4, -0.2) is 34.4 Å². The molecule has 0 saturated carbocycles. The fourth-order valence-electron chi connectivity index (χ4n) is 4.03. The molecule has 0 fully saturated rings. The van der Waals surface area contributed by atoms with Crippen molar-refractivity contribution in [2.24, 2.45) is 0 Å². The van der Waals surface area contributed by atoms with Crippen LogP contribution in [0.1, 0.15) is 29.2 Å².